The van der Waals surface area contributed by atoms with Gasteiger partial charge in [0.2, 0.25) is 0 Å². The molecule has 0 saturated heterocycles. The molecule has 1 aromatic rings. The highest BCUT2D eigenvalue weighted by atomic mass is 31.1. The van der Waals surface area contributed by atoms with Gasteiger partial charge in [0, 0.05) is 24.7 Å². The zero-order valence-electron chi connectivity index (χ0n) is 22.1. The number of carbonyl (C=O) groups excluding carboxylic acids is 2. The van der Waals surface area contributed by atoms with E-state index >= 15 is 0 Å². The molecule has 0 aromatic heterocycles. The Morgan fingerprint density at radius 1 is 1.03 bits per heavy atom. The minimum absolute atomic E-state index is 0.0272. The van der Waals surface area contributed by atoms with E-state index in [0.29, 0.717) is 23.2 Å². The molecule has 0 spiro atoms. The van der Waals surface area contributed by atoms with Gasteiger partial charge in [0.1, 0.15) is 6.16 Å². The summed E-state index contributed by atoms with van der Waals surface area (Å²) in [6.07, 6.45) is 17.3. The number of hydrogen-bond acceptors (Lipinski definition) is 3. The first-order chi connectivity index (χ1) is 16.7. The summed E-state index contributed by atoms with van der Waals surface area (Å²) in [5.74, 6) is 0.551. The average molecular weight is 502 g/mol. The molecule has 2 N–H and O–H groups in total. The molecular formula is C29H46N2O3P+. The summed E-state index contributed by atoms with van der Waals surface area (Å²) in [5.41, 5.74) is 1.94. The molecule has 3 unspecified atom stereocenters. The lowest BCUT2D eigenvalue weighted by atomic mass is 9.83. The molecule has 3 rings (SSSR count). The minimum Gasteiger partial charge on any atom is -0.391 e. The number of hydrogen-bond donors (Lipinski definition) is 2. The fourth-order valence-electron chi connectivity index (χ4n) is 5.91. The molecule has 5 nitrogen and oxygen atoms in total. The van der Waals surface area contributed by atoms with Crippen LogP contribution in [0.2, 0.25) is 0 Å². The molecule has 2 saturated carbocycles. The van der Waals surface area contributed by atoms with Crippen LogP contribution in [-0.2, 0) is 0 Å². The molecule has 194 valence electrons. The number of aryl methyl sites for hydroxylation is 1. The predicted molar refractivity (Wildman–Crippen MR) is 148 cm³/mol. The molecule has 1 aromatic carbocycles. The van der Waals surface area contributed by atoms with E-state index in [1.165, 1.54) is 44.9 Å². The number of aliphatic hydroxyl groups excluding tert-OH is 1. The lowest BCUT2D eigenvalue weighted by Crippen LogP contribution is -2.48. The highest BCUT2D eigenvalue weighted by molar-refractivity contribution is 7.55. The number of nitrogens with zero attached hydrogens (tertiary/aromatic N) is 1. The number of carbonyl (C=O) groups is 2. The lowest BCUT2D eigenvalue weighted by molar-refractivity contribution is 0.0520. The molecule has 2 fully saturated rings. The van der Waals surface area contributed by atoms with E-state index in [1.807, 2.05) is 31.0 Å². The van der Waals surface area contributed by atoms with E-state index in [9.17, 15) is 14.7 Å². The van der Waals surface area contributed by atoms with Gasteiger partial charge in [-0.15, -0.1) is 0 Å². The van der Waals surface area contributed by atoms with Gasteiger partial charge < -0.3 is 15.3 Å². The quantitative estimate of drug-likeness (QED) is 0.341. The van der Waals surface area contributed by atoms with Crippen molar-refractivity contribution in [3.05, 3.63) is 34.9 Å². The largest absolute Gasteiger partial charge is 0.391 e. The molecule has 35 heavy (non-hydrogen) atoms. The molecule has 0 heterocycles. The molecule has 2 aliphatic carbocycles. The SMILES string of the molecule is C=[P+](C)CC(NC(=O)c1cc(C)cc(C(=O)N(C)CC2CCCCCC2)c1)C(O)C1CCCCC1. The van der Waals surface area contributed by atoms with E-state index in [4.69, 9.17) is 0 Å². The Labute approximate surface area is 213 Å². The first-order valence-corrected chi connectivity index (χ1v) is 15.8. The molecule has 0 aliphatic heterocycles. The normalized spacial score (nSPS) is 19.9. The molecular weight excluding hydrogens is 455 g/mol. The van der Waals surface area contributed by atoms with Crippen molar-refractivity contribution in [3.63, 3.8) is 0 Å². The van der Waals surface area contributed by atoms with Gasteiger partial charge in [0.25, 0.3) is 11.8 Å². The van der Waals surface area contributed by atoms with Gasteiger partial charge in [-0.1, -0.05) is 44.9 Å². The van der Waals surface area contributed by atoms with E-state index in [0.717, 1.165) is 37.8 Å². The van der Waals surface area contributed by atoms with Gasteiger partial charge in [-0.2, -0.15) is 0 Å². The topological polar surface area (TPSA) is 69.6 Å². The third kappa shape index (κ3) is 8.43. The van der Waals surface area contributed by atoms with Crippen molar-refractivity contribution in [1.29, 1.82) is 0 Å². The van der Waals surface area contributed by atoms with Gasteiger partial charge in [0.05, 0.1) is 32.7 Å². The van der Waals surface area contributed by atoms with E-state index in [2.05, 4.69) is 18.3 Å². The number of rotatable bonds is 9. The van der Waals surface area contributed by atoms with Crippen molar-refractivity contribution in [2.45, 2.75) is 89.7 Å². The fourth-order valence-corrected chi connectivity index (χ4v) is 6.88. The predicted octanol–water partition coefficient (Wildman–Crippen LogP) is 5.62. The van der Waals surface area contributed by atoms with Crippen molar-refractivity contribution in [2.75, 3.05) is 26.4 Å². The maximum Gasteiger partial charge on any atom is 0.253 e. The van der Waals surface area contributed by atoms with Gasteiger partial charge in [0.15, 0.2) is 0 Å². The third-order valence-electron chi connectivity index (χ3n) is 7.81. The second-order valence-corrected chi connectivity index (χ2v) is 13.2. The molecule has 0 bridgehead atoms. The summed E-state index contributed by atoms with van der Waals surface area (Å²) in [6.45, 7) is 4.78. The summed E-state index contributed by atoms with van der Waals surface area (Å²) in [4.78, 5) is 28.4. The van der Waals surface area contributed by atoms with Crippen LogP contribution >= 0.6 is 7.55 Å². The second kappa shape index (κ2) is 13.6. The third-order valence-corrected chi connectivity index (χ3v) is 8.83. The molecule has 3 atom stereocenters. The van der Waals surface area contributed by atoms with E-state index in [-0.39, 0.29) is 23.8 Å². The summed E-state index contributed by atoms with van der Waals surface area (Å²) in [5, 5.41) is 14.3. The second-order valence-electron chi connectivity index (χ2n) is 11.1. The van der Waals surface area contributed by atoms with Crippen LogP contribution in [0.25, 0.3) is 0 Å². The van der Waals surface area contributed by atoms with Crippen molar-refractivity contribution in [1.82, 2.24) is 10.2 Å². The number of nitrogens with one attached hydrogen (secondary N) is 1. The van der Waals surface area contributed by atoms with Crippen LogP contribution < -0.4 is 5.32 Å². The smallest absolute Gasteiger partial charge is 0.253 e. The highest BCUT2D eigenvalue weighted by Gasteiger charge is 2.32. The highest BCUT2D eigenvalue weighted by Crippen LogP contribution is 2.30. The van der Waals surface area contributed by atoms with Crippen LogP contribution in [0.3, 0.4) is 0 Å². The van der Waals surface area contributed by atoms with E-state index < -0.39 is 13.6 Å². The summed E-state index contributed by atoms with van der Waals surface area (Å²) in [6, 6.07) is 5.12. The van der Waals surface area contributed by atoms with Gasteiger partial charge in [-0.05, 0) is 68.2 Å². The Balaban J connectivity index is 1.70. The maximum atomic E-state index is 13.3. The first kappa shape index (κ1) is 27.9. The van der Waals surface area contributed by atoms with Gasteiger partial charge in [-0.3, -0.25) is 9.59 Å². The standard InChI is InChI=1S/C29H45N2O3P/c1-21-16-24(18-25(17-21)29(34)31(2)19-22-12-8-5-6-9-13-22)28(33)30-26(20-35(3)4)27(32)23-14-10-7-11-15-23/h16-18,22-23,26-27,32H,3,5-15,19-20H2,1-2,4H3/p+1. The van der Waals surface area contributed by atoms with Crippen LogP contribution in [-0.4, -0.2) is 66.7 Å². The summed E-state index contributed by atoms with van der Waals surface area (Å²) >= 11 is 0. The van der Waals surface area contributed by atoms with Gasteiger partial charge >= 0.3 is 0 Å². The maximum absolute atomic E-state index is 13.3. The van der Waals surface area contributed by atoms with E-state index in [1.54, 1.807) is 6.07 Å². The average Bonchev–Trinajstić information content (AvgIpc) is 3.11. The van der Waals surface area contributed by atoms with Crippen LogP contribution in [0.1, 0.15) is 96.9 Å². The Hall–Kier alpha value is -1.71. The Kier molecular flexibility index (Phi) is 10.8. The molecule has 2 aliphatic rings. The zero-order valence-corrected chi connectivity index (χ0v) is 23.0. The van der Waals surface area contributed by atoms with Crippen LogP contribution in [0.4, 0.5) is 0 Å². The number of aliphatic hydroxyl groups is 1. The van der Waals surface area contributed by atoms with Crippen molar-refractivity contribution in [3.8, 4) is 0 Å². The zero-order chi connectivity index (χ0) is 25.4. The monoisotopic (exact) mass is 501 g/mol. The molecule has 0 radical (unpaired) electrons. The Morgan fingerprint density at radius 3 is 2.23 bits per heavy atom. The van der Waals surface area contributed by atoms with Gasteiger partial charge in [-0.25, -0.2) is 0 Å². The fraction of sp³-hybridized carbons (Fsp3) is 0.690. The van der Waals surface area contributed by atoms with Crippen LogP contribution in [0, 0.1) is 18.8 Å². The minimum atomic E-state index is -0.553. The van der Waals surface area contributed by atoms with Crippen LogP contribution in [0.15, 0.2) is 18.2 Å². The Bertz CT molecular complexity index is 873. The number of amides is 2. The molecule has 6 heteroatoms. The summed E-state index contributed by atoms with van der Waals surface area (Å²) < 4.78 is 0. The molecule has 2 amide bonds. The van der Waals surface area contributed by atoms with Crippen LogP contribution in [0.5, 0.6) is 0 Å². The lowest BCUT2D eigenvalue weighted by Gasteiger charge is -2.31. The number of benzene rings is 1. The van der Waals surface area contributed by atoms with Crippen molar-refractivity contribution < 1.29 is 14.7 Å². The van der Waals surface area contributed by atoms with Crippen molar-refractivity contribution >= 4 is 25.7 Å². The Morgan fingerprint density at radius 2 is 1.60 bits per heavy atom. The van der Waals surface area contributed by atoms with Crippen molar-refractivity contribution in [2.24, 2.45) is 11.8 Å². The first-order valence-electron chi connectivity index (χ1n) is 13.6. The summed E-state index contributed by atoms with van der Waals surface area (Å²) in [7, 11) is 1.36.